The van der Waals surface area contributed by atoms with Gasteiger partial charge in [-0.25, -0.2) is 4.98 Å². The molecule has 1 aliphatic heterocycles. The monoisotopic (exact) mass is 487 g/mol. The number of rotatable bonds is 6. The molecule has 6 heteroatoms. The Morgan fingerprint density at radius 1 is 1.03 bits per heavy atom. The van der Waals surface area contributed by atoms with Crippen LogP contribution in [0, 0.1) is 0 Å². The Balaban J connectivity index is 1.60. The van der Waals surface area contributed by atoms with Crippen molar-refractivity contribution in [2.75, 3.05) is 18.8 Å². The maximum absolute atomic E-state index is 14.2. The second kappa shape index (κ2) is 10.0. The maximum atomic E-state index is 14.2. The van der Waals surface area contributed by atoms with E-state index < -0.39 is 0 Å². The van der Waals surface area contributed by atoms with Gasteiger partial charge in [0, 0.05) is 24.1 Å². The first-order valence-corrected chi connectivity index (χ1v) is 13.7. The second-order valence-corrected chi connectivity index (χ2v) is 10.9. The van der Waals surface area contributed by atoms with Crippen LogP contribution < -0.4 is 5.56 Å². The van der Waals surface area contributed by atoms with Crippen LogP contribution in [0.2, 0.25) is 0 Å². The number of aromatic nitrogens is 2. The van der Waals surface area contributed by atoms with Crippen molar-refractivity contribution >= 4 is 17.7 Å². The molecule has 2 aromatic carbocycles. The Morgan fingerprint density at radius 3 is 2.49 bits per heavy atom. The number of carbonyl (C=O) groups excluding carboxylic acids is 1. The molecule has 0 bridgehead atoms. The Kier molecular flexibility index (Phi) is 6.83. The summed E-state index contributed by atoms with van der Waals surface area (Å²) >= 11 is 1.40. The lowest BCUT2D eigenvalue weighted by atomic mass is 9.69. The summed E-state index contributed by atoms with van der Waals surface area (Å²) in [5.41, 5.74) is 4.67. The number of amides is 1. The number of nitrogens with zero attached hydrogens (tertiary/aromatic N) is 3. The molecule has 2 heterocycles. The van der Waals surface area contributed by atoms with Crippen LogP contribution in [0.4, 0.5) is 0 Å². The van der Waals surface area contributed by atoms with E-state index in [0.717, 1.165) is 61.2 Å². The zero-order valence-corrected chi connectivity index (χ0v) is 21.4. The first-order valence-electron chi connectivity index (χ1n) is 12.7. The molecular weight excluding hydrogens is 454 g/mol. The van der Waals surface area contributed by atoms with Gasteiger partial charge in [0.05, 0.1) is 23.6 Å². The minimum Gasteiger partial charge on any atom is -0.342 e. The molecule has 0 N–H and O–H groups in total. The summed E-state index contributed by atoms with van der Waals surface area (Å²) < 4.78 is 1.80. The molecule has 1 aromatic heterocycles. The van der Waals surface area contributed by atoms with Crippen LogP contribution in [0.25, 0.3) is 11.3 Å². The first-order chi connectivity index (χ1) is 17.0. The maximum Gasteiger partial charge on any atom is 0.258 e. The molecule has 0 radical (unpaired) electrons. The Bertz CT molecular complexity index is 1280. The van der Waals surface area contributed by atoms with Gasteiger partial charge in [-0.05, 0) is 43.2 Å². The second-order valence-electron chi connectivity index (χ2n) is 9.97. The predicted octanol–water partition coefficient (Wildman–Crippen LogP) is 5.29. The number of fused-ring (bicyclic) bond motifs is 3. The van der Waals surface area contributed by atoms with Gasteiger partial charge in [-0.3, -0.25) is 14.2 Å². The standard InChI is InChI=1S/C29H33N3O2S/c1-3-29(2)18-22-14-8-9-15-23(22)26-25(29)27(34)32(19-21-12-6-4-7-13-21)28(30-26)35-20-24(33)31-16-10-5-11-17-31/h4,6-9,12-15H,3,5,10-11,16-20H2,1-2H3. The van der Waals surface area contributed by atoms with Crippen LogP contribution in [-0.4, -0.2) is 39.2 Å². The minimum atomic E-state index is -0.279. The lowest BCUT2D eigenvalue weighted by Crippen LogP contribution is -2.40. The summed E-state index contributed by atoms with van der Waals surface area (Å²) in [4.78, 5) is 34.2. The van der Waals surface area contributed by atoms with Crippen LogP contribution in [-0.2, 0) is 23.2 Å². The zero-order valence-electron chi connectivity index (χ0n) is 20.6. The predicted molar refractivity (Wildman–Crippen MR) is 142 cm³/mol. The third kappa shape index (κ3) is 4.68. The fourth-order valence-corrected chi connectivity index (χ4v) is 6.26. The molecule has 5 nitrogen and oxygen atoms in total. The number of carbonyl (C=O) groups is 1. The van der Waals surface area contributed by atoms with Gasteiger partial charge < -0.3 is 4.90 Å². The molecule has 35 heavy (non-hydrogen) atoms. The van der Waals surface area contributed by atoms with E-state index in [2.05, 4.69) is 32.0 Å². The van der Waals surface area contributed by atoms with Crippen LogP contribution in [0.1, 0.15) is 56.2 Å². The van der Waals surface area contributed by atoms with E-state index in [-0.39, 0.29) is 16.9 Å². The topological polar surface area (TPSA) is 55.2 Å². The first kappa shape index (κ1) is 23.9. The molecule has 2 aliphatic rings. The largest absolute Gasteiger partial charge is 0.342 e. The molecule has 1 amide bonds. The van der Waals surface area contributed by atoms with E-state index in [0.29, 0.717) is 17.5 Å². The number of benzene rings is 2. The molecule has 0 spiro atoms. The van der Waals surface area contributed by atoms with Crippen molar-refractivity contribution in [1.82, 2.24) is 14.5 Å². The van der Waals surface area contributed by atoms with Crippen molar-refractivity contribution in [3.8, 4) is 11.3 Å². The number of piperidine rings is 1. The zero-order chi connectivity index (χ0) is 24.4. The van der Waals surface area contributed by atoms with E-state index >= 15 is 0 Å². The van der Waals surface area contributed by atoms with E-state index in [4.69, 9.17) is 4.98 Å². The molecule has 3 aromatic rings. The summed E-state index contributed by atoms with van der Waals surface area (Å²) in [5.74, 6) is 0.430. The van der Waals surface area contributed by atoms with Gasteiger partial charge in [0.25, 0.3) is 5.56 Å². The van der Waals surface area contributed by atoms with Crippen molar-refractivity contribution in [2.45, 2.75) is 63.1 Å². The molecule has 1 fully saturated rings. The third-order valence-electron chi connectivity index (χ3n) is 7.59. The minimum absolute atomic E-state index is 0.0191. The highest BCUT2D eigenvalue weighted by molar-refractivity contribution is 7.99. The van der Waals surface area contributed by atoms with Gasteiger partial charge in [0.1, 0.15) is 0 Å². The molecular formula is C29H33N3O2S. The summed E-state index contributed by atoms with van der Waals surface area (Å²) in [7, 11) is 0. The summed E-state index contributed by atoms with van der Waals surface area (Å²) in [6, 6.07) is 18.3. The highest BCUT2D eigenvalue weighted by Crippen LogP contribution is 2.43. The Labute approximate surface area is 211 Å². The van der Waals surface area contributed by atoms with Crippen LogP contribution in [0.5, 0.6) is 0 Å². The van der Waals surface area contributed by atoms with Crippen LogP contribution >= 0.6 is 11.8 Å². The molecule has 0 saturated carbocycles. The summed E-state index contributed by atoms with van der Waals surface area (Å²) in [5, 5.41) is 0.623. The quantitative estimate of drug-likeness (QED) is 0.350. The molecule has 1 aliphatic carbocycles. The molecule has 5 rings (SSSR count). The summed E-state index contributed by atoms with van der Waals surface area (Å²) in [6.45, 7) is 6.44. The Hall–Kier alpha value is -2.86. The van der Waals surface area contributed by atoms with E-state index in [1.165, 1.54) is 23.7 Å². The third-order valence-corrected chi connectivity index (χ3v) is 8.55. The normalized spacial score (nSPS) is 19.2. The van der Waals surface area contributed by atoms with Crippen molar-refractivity contribution in [3.63, 3.8) is 0 Å². The van der Waals surface area contributed by atoms with Crippen molar-refractivity contribution < 1.29 is 4.79 Å². The number of likely N-dealkylation sites (tertiary alicyclic amines) is 1. The Morgan fingerprint density at radius 2 is 1.74 bits per heavy atom. The van der Waals surface area contributed by atoms with E-state index in [1.54, 1.807) is 4.57 Å². The van der Waals surface area contributed by atoms with Gasteiger partial charge in [-0.2, -0.15) is 0 Å². The number of hydrogen-bond acceptors (Lipinski definition) is 4. The fraction of sp³-hybridized carbons (Fsp3) is 0.414. The van der Waals surface area contributed by atoms with E-state index in [9.17, 15) is 9.59 Å². The highest BCUT2D eigenvalue weighted by atomic mass is 32.2. The molecule has 1 atom stereocenters. The summed E-state index contributed by atoms with van der Waals surface area (Å²) in [6.07, 6.45) is 5.01. The van der Waals surface area contributed by atoms with Crippen molar-refractivity contribution in [1.29, 1.82) is 0 Å². The van der Waals surface area contributed by atoms with Crippen molar-refractivity contribution in [2.24, 2.45) is 0 Å². The molecule has 1 unspecified atom stereocenters. The van der Waals surface area contributed by atoms with Gasteiger partial charge in [0.15, 0.2) is 5.16 Å². The van der Waals surface area contributed by atoms with Gasteiger partial charge in [0.2, 0.25) is 5.91 Å². The smallest absolute Gasteiger partial charge is 0.258 e. The number of thioether (sulfide) groups is 1. The number of hydrogen-bond donors (Lipinski definition) is 0. The average Bonchev–Trinajstić information content (AvgIpc) is 2.90. The highest BCUT2D eigenvalue weighted by Gasteiger charge is 2.38. The fourth-order valence-electron chi connectivity index (χ4n) is 5.37. The lowest BCUT2D eigenvalue weighted by molar-refractivity contribution is -0.129. The van der Waals surface area contributed by atoms with Crippen molar-refractivity contribution in [3.05, 3.63) is 81.6 Å². The molecule has 1 saturated heterocycles. The van der Waals surface area contributed by atoms with Crippen LogP contribution in [0.3, 0.4) is 0 Å². The van der Waals surface area contributed by atoms with E-state index in [1.807, 2.05) is 41.3 Å². The lowest BCUT2D eigenvalue weighted by Gasteiger charge is -2.36. The van der Waals surface area contributed by atoms with Gasteiger partial charge >= 0.3 is 0 Å². The van der Waals surface area contributed by atoms with Gasteiger partial charge in [-0.1, -0.05) is 80.2 Å². The van der Waals surface area contributed by atoms with Gasteiger partial charge in [-0.15, -0.1) is 0 Å². The SMILES string of the molecule is CCC1(C)Cc2ccccc2-c2nc(SCC(=O)N3CCCCC3)n(Cc3ccccc3)c(=O)c21. The average molecular weight is 488 g/mol. The van der Waals surface area contributed by atoms with Crippen LogP contribution in [0.15, 0.2) is 64.5 Å². The molecule has 182 valence electrons.